The van der Waals surface area contributed by atoms with Crippen molar-refractivity contribution in [2.24, 2.45) is 7.05 Å². The second kappa shape index (κ2) is 7.58. The molecule has 1 aliphatic carbocycles. The molecular formula is C23H16F3N3O6. The summed E-state index contributed by atoms with van der Waals surface area (Å²) in [7, 11) is 1.48. The SMILES string of the molecule is Cn1c(=O)oc2cc(-n3cc(C(=O)O)c(=O)n([C@H]4CCc5c4cccc5C(F)(F)F)c3=O)ccc21. The number of benzene rings is 2. The lowest BCUT2D eigenvalue weighted by molar-refractivity contribution is -0.138. The molecular weight excluding hydrogens is 471 g/mol. The third kappa shape index (κ3) is 3.40. The number of aromatic nitrogens is 3. The van der Waals surface area contributed by atoms with Crippen molar-refractivity contribution < 1.29 is 27.5 Å². The number of nitrogens with zero attached hydrogens (tertiary/aromatic N) is 3. The van der Waals surface area contributed by atoms with Crippen LogP contribution in [0.2, 0.25) is 0 Å². The highest BCUT2D eigenvalue weighted by Crippen LogP contribution is 2.41. The fraction of sp³-hybridized carbons (Fsp3) is 0.217. The van der Waals surface area contributed by atoms with E-state index in [9.17, 15) is 37.5 Å². The van der Waals surface area contributed by atoms with Gasteiger partial charge in [0.25, 0.3) is 5.56 Å². The second-order valence-corrected chi connectivity index (χ2v) is 8.18. The largest absolute Gasteiger partial charge is 0.477 e. The summed E-state index contributed by atoms with van der Waals surface area (Å²) >= 11 is 0. The van der Waals surface area contributed by atoms with E-state index in [0.29, 0.717) is 10.1 Å². The molecule has 1 atom stereocenters. The Morgan fingerprint density at radius 1 is 1.14 bits per heavy atom. The third-order valence-electron chi connectivity index (χ3n) is 6.26. The molecule has 0 unspecified atom stereocenters. The zero-order valence-corrected chi connectivity index (χ0v) is 18.0. The molecule has 0 saturated carbocycles. The van der Waals surface area contributed by atoms with E-state index in [4.69, 9.17) is 4.42 Å². The van der Waals surface area contributed by atoms with Crippen molar-refractivity contribution in [2.75, 3.05) is 0 Å². The van der Waals surface area contributed by atoms with Crippen LogP contribution in [0.25, 0.3) is 16.8 Å². The van der Waals surface area contributed by atoms with Crippen LogP contribution in [0, 0.1) is 0 Å². The van der Waals surface area contributed by atoms with E-state index in [1.807, 2.05) is 0 Å². The Kier molecular flexibility index (Phi) is 4.86. The van der Waals surface area contributed by atoms with Gasteiger partial charge in [-0.2, -0.15) is 13.2 Å². The molecule has 12 heteroatoms. The van der Waals surface area contributed by atoms with Crippen LogP contribution in [0.5, 0.6) is 0 Å². The molecule has 0 radical (unpaired) electrons. The predicted octanol–water partition coefficient (Wildman–Crippen LogP) is 2.70. The average Bonchev–Trinajstić information content (AvgIpc) is 3.33. The Bertz CT molecular complexity index is 1710. The fourth-order valence-electron chi connectivity index (χ4n) is 4.62. The van der Waals surface area contributed by atoms with E-state index in [1.165, 1.54) is 41.9 Å². The summed E-state index contributed by atoms with van der Waals surface area (Å²) in [6, 6.07) is 6.69. The quantitative estimate of drug-likeness (QED) is 0.475. The number of hydrogen-bond donors (Lipinski definition) is 1. The van der Waals surface area contributed by atoms with Gasteiger partial charge in [-0.25, -0.2) is 14.4 Å². The highest BCUT2D eigenvalue weighted by Gasteiger charge is 2.38. The molecule has 0 amide bonds. The van der Waals surface area contributed by atoms with Gasteiger partial charge in [0.15, 0.2) is 5.58 Å². The Balaban J connectivity index is 1.76. The maximum absolute atomic E-state index is 13.5. The molecule has 4 aromatic rings. The number of fused-ring (bicyclic) bond motifs is 2. The molecule has 9 nitrogen and oxygen atoms in total. The number of rotatable bonds is 3. The average molecular weight is 487 g/mol. The molecule has 0 bridgehead atoms. The molecule has 2 aromatic heterocycles. The van der Waals surface area contributed by atoms with Crippen molar-refractivity contribution in [1.82, 2.24) is 13.7 Å². The first kappa shape index (κ1) is 22.4. The zero-order valence-electron chi connectivity index (χ0n) is 18.0. The summed E-state index contributed by atoms with van der Waals surface area (Å²) in [6.07, 6.45) is -3.80. The number of hydrogen-bond acceptors (Lipinski definition) is 5. The van der Waals surface area contributed by atoms with Gasteiger partial charge in [-0.15, -0.1) is 0 Å². The van der Waals surface area contributed by atoms with Gasteiger partial charge in [0, 0.05) is 19.3 Å². The molecule has 0 saturated heterocycles. The lowest BCUT2D eigenvalue weighted by atomic mass is 10.0. The smallest absolute Gasteiger partial charge is 0.419 e. The Labute approximate surface area is 192 Å². The molecule has 2 heterocycles. The molecule has 0 aliphatic heterocycles. The van der Waals surface area contributed by atoms with Crippen molar-refractivity contribution in [3.05, 3.63) is 96.2 Å². The number of carbonyl (C=O) groups is 1. The zero-order chi connectivity index (χ0) is 25.2. The van der Waals surface area contributed by atoms with E-state index in [0.717, 1.165) is 16.8 Å². The number of alkyl halides is 3. The van der Waals surface area contributed by atoms with Crippen molar-refractivity contribution in [1.29, 1.82) is 0 Å². The maximum Gasteiger partial charge on any atom is 0.419 e. The first-order chi connectivity index (χ1) is 16.5. The number of aromatic carboxylic acids is 1. The number of oxazole rings is 1. The number of carboxylic acid groups (broad SMARTS) is 1. The Hall–Kier alpha value is -4.35. The molecule has 35 heavy (non-hydrogen) atoms. The normalized spacial score (nSPS) is 15.5. The minimum absolute atomic E-state index is 0.00718. The van der Waals surface area contributed by atoms with E-state index >= 15 is 0 Å². The van der Waals surface area contributed by atoms with Gasteiger partial charge in [-0.05, 0) is 42.2 Å². The van der Waals surface area contributed by atoms with E-state index in [2.05, 4.69) is 0 Å². The van der Waals surface area contributed by atoms with Gasteiger partial charge in [-0.3, -0.25) is 18.5 Å². The highest BCUT2D eigenvalue weighted by atomic mass is 19.4. The summed E-state index contributed by atoms with van der Waals surface area (Å²) in [5, 5.41) is 9.61. The van der Waals surface area contributed by atoms with E-state index in [1.54, 1.807) is 0 Å². The second-order valence-electron chi connectivity index (χ2n) is 8.18. The van der Waals surface area contributed by atoms with Crippen LogP contribution in [0.4, 0.5) is 13.2 Å². The van der Waals surface area contributed by atoms with Gasteiger partial charge >= 0.3 is 23.6 Å². The van der Waals surface area contributed by atoms with Crippen LogP contribution in [0.15, 0.2) is 61.4 Å². The topological polar surface area (TPSA) is 116 Å². The summed E-state index contributed by atoms with van der Waals surface area (Å²) in [4.78, 5) is 50.1. The van der Waals surface area contributed by atoms with Gasteiger partial charge in [0.05, 0.1) is 22.8 Å². The van der Waals surface area contributed by atoms with Crippen LogP contribution >= 0.6 is 0 Å². The predicted molar refractivity (Wildman–Crippen MR) is 116 cm³/mol. The Morgan fingerprint density at radius 2 is 1.89 bits per heavy atom. The minimum atomic E-state index is -4.62. The molecule has 2 aromatic carbocycles. The van der Waals surface area contributed by atoms with E-state index in [-0.39, 0.29) is 35.2 Å². The van der Waals surface area contributed by atoms with E-state index < -0.39 is 46.3 Å². The molecule has 1 N–H and O–H groups in total. The molecule has 5 rings (SSSR count). The summed E-state index contributed by atoms with van der Waals surface area (Å²) in [5.41, 5.74) is -2.90. The van der Waals surface area contributed by atoms with Crippen molar-refractivity contribution in [3.8, 4) is 5.69 Å². The van der Waals surface area contributed by atoms with Gasteiger partial charge < -0.3 is 9.52 Å². The van der Waals surface area contributed by atoms with Gasteiger partial charge in [0.2, 0.25) is 0 Å². The fourth-order valence-corrected chi connectivity index (χ4v) is 4.62. The Morgan fingerprint density at radius 3 is 2.57 bits per heavy atom. The van der Waals surface area contributed by atoms with Crippen molar-refractivity contribution in [3.63, 3.8) is 0 Å². The standard InChI is InChI=1S/C23H16F3N3O6/c1-27-17-7-5-11(9-18(17)35-22(27)34)28-10-14(20(31)32)19(30)29(21(28)33)16-8-6-12-13(16)3-2-4-15(12)23(24,25)26/h2-5,7,9-10,16H,6,8H2,1H3,(H,31,32)/t16-/m0/s1. The van der Waals surface area contributed by atoms with Crippen LogP contribution in [0.3, 0.4) is 0 Å². The summed E-state index contributed by atoms with van der Waals surface area (Å²) < 4.78 is 48.4. The minimum Gasteiger partial charge on any atom is -0.477 e. The van der Waals surface area contributed by atoms with Crippen LogP contribution in [0.1, 0.15) is 39.5 Å². The highest BCUT2D eigenvalue weighted by molar-refractivity contribution is 5.87. The van der Waals surface area contributed by atoms with Crippen LogP contribution < -0.4 is 17.0 Å². The van der Waals surface area contributed by atoms with Crippen molar-refractivity contribution in [2.45, 2.75) is 25.1 Å². The molecule has 0 fully saturated rings. The summed E-state index contributed by atoms with van der Waals surface area (Å²) in [5.74, 6) is -2.25. The molecule has 1 aliphatic rings. The lowest BCUT2D eigenvalue weighted by Gasteiger charge is -2.18. The summed E-state index contributed by atoms with van der Waals surface area (Å²) in [6.45, 7) is 0. The van der Waals surface area contributed by atoms with Crippen LogP contribution in [-0.4, -0.2) is 24.8 Å². The number of halogens is 3. The number of aryl methyl sites for hydroxylation is 1. The first-order valence-corrected chi connectivity index (χ1v) is 10.4. The first-order valence-electron chi connectivity index (χ1n) is 10.4. The van der Waals surface area contributed by atoms with Gasteiger partial charge in [0.1, 0.15) is 5.56 Å². The van der Waals surface area contributed by atoms with Crippen LogP contribution in [-0.2, 0) is 19.6 Å². The molecule has 180 valence electrons. The van der Waals surface area contributed by atoms with Gasteiger partial charge in [-0.1, -0.05) is 12.1 Å². The van der Waals surface area contributed by atoms with Crippen molar-refractivity contribution >= 4 is 17.1 Å². The number of carboxylic acids is 1. The monoisotopic (exact) mass is 487 g/mol. The molecule has 0 spiro atoms. The maximum atomic E-state index is 13.5. The third-order valence-corrected chi connectivity index (χ3v) is 6.26. The lowest BCUT2D eigenvalue weighted by Crippen LogP contribution is -2.43.